The third-order valence-electron chi connectivity index (χ3n) is 5.39. The molecule has 2 amide bonds. The molecule has 2 N–H and O–H groups in total. The van der Waals surface area contributed by atoms with Gasteiger partial charge in [-0.05, 0) is 23.6 Å². The van der Waals surface area contributed by atoms with Gasteiger partial charge in [0.05, 0.1) is 19.1 Å². The van der Waals surface area contributed by atoms with Gasteiger partial charge in [0, 0.05) is 28.7 Å². The molecule has 0 bridgehead atoms. The number of rotatable bonds is 5. The van der Waals surface area contributed by atoms with Crippen LogP contribution in [-0.4, -0.2) is 46.6 Å². The highest BCUT2D eigenvalue weighted by Gasteiger charge is 2.37. The van der Waals surface area contributed by atoms with Crippen molar-refractivity contribution in [1.29, 1.82) is 0 Å². The Morgan fingerprint density at radius 1 is 1.41 bits per heavy atom. The lowest BCUT2D eigenvalue weighted by molar-refractivity contribution is -0.144. The number of nitrogens with zero attached hydrogens (tertiary/aromatic N) is 2. The molecular weight excluding hydrogens is 415 g/mol. The minimum Gasteiger partial charge on any atom is -0.467 e. The summed E-state index contributed by atoms with van der Waals surface area (Å²) in [6.07, 6.45) is 2.95. The first-order chi connectivity index (χ1) is 13.9. The van der Waals surface area contributed by atoms with E-state index in [-0.39, 0.29) is 11.9 Å². The van der Waals surface area contributed by atoms with Gasteiger partial charge in [0.15, 0.2) is 0 Å². The topological polar surface area (TPSA) is 87.3 Å². The summed E-state index contributed by atoms with van der Waals surface area (Å²) in [6.45, 7) is 4.30. The predicted molar refractivity (Wildman–Crippen MR) is 111 cm³/mol. The van der Waals surface area contributed by atoms with Gasteiger partial charge in [0.1, 0.15) is 12.1 Å². The van der Waals surface area contributed by atoms with E-state index in [0.717, 1.165) is 23.4 Å². The number of esters is 1. The number of H-pyrrole nitrogens is 1. The van der Waals surface area contributed by atoms with Crippen molar-refractivity contribution in [1.82, 2.24) is 20.2 Å². The van der Waals surface area contributed by atoms with Crippen LogP contribution in [-0.2, 0) is 16.0 Å². The van der Waals surface area contributed by atoms with Gasteiger partial charge in [-0.2, -0.15) is 0 Å². The van der Waals surface area contributed by atoms with E-state index < -0.39 is 18.1 Å². The lowest BCUT2D eigenvalue weighted by Crippen LogP contribution is -2.53. The number of aromatic nitrogens is 2. The van der Waals surface area contributed by atoms with Crippen LogP contribution in [0.2, 0.25) is 10.0 Å². The average Bonchev–Trinajstić information content (AvgIpc) is 3.19. The molecule has 0 unspecified atom stereocenters. The van der Waals surface area contributed by atoms with Gasteiger partial charge >= 0.3 is 12.0 Å². The number of hydrogen-bond acceptors (Lipinski definition) is 4. The fraction of sp³-hybridized carbons (Fsp3) is 0.450. The molecule has 0 saturated heterocycles. The molecule has 156 valence electrons. The van der Waals surface area contributed by atoms with Crippen LogP contribution in [0, 0.1) is 5.92 Å². The first-order valence-electron chi connectivity index (χ1n) is 9.49. The molecule has 0 saturated carbocycles. The number of carbonyl (C=O) groups is 2. The maximum Gasteiger partial charge on any atom is 0.328 e. The van der Waals surface area contributed by atoms with E-state index in [1.165, 1.54) is 7.11 Å². The second-order valence-electron chi connectivity index (χ2n) is 7.11. The number of halogens is 2. The van der Waals surface area contributed by atoms with Crippen molar-refractivity contribution < 1.29 is 14.3 Å². The molecule has 2 aromatic rings. The number of aromatic amines is 1. The highest BCUT2D eigenvalue weighted by atomic mass is 35.5. The molecule has 0 spiro atoms. The zero-order valence-corrected chi connectivity index (χ0v) is 18.0. The van der Waals surface area contributed by atoms with E-state index >= 15 is 0 Å². The Morgan fingerprint density at radius 2 is 2.17 bits per heavy atom. The highest BCUT2D eigenvalue weighted by Crippen LogP contribution is 2.37. The molecule has 1 aliphatic rings. The van der Waals surface area contributed by atoms with E-state index in [2.05, 4.69) is 15.3 Å². The number of nitrogens with one attached hydrogen (secondary N) is 2. The average molecular weight is 439 g/mol. The Bertz CT molecular complexity index is 902. The van der Waals surface area contributed by atoms with Gasteiger partial charge in [0.25, 0.3) is 0 Å². The molecule has 7 nitrogen and oxygen atoms in total. The number of methoxy groups -OCH3 is 1. The minimum atomic E-state index is -0.737. The molecular formula is C20H24Cl2N4O3. The van der Waals surface area contributed by atoms with Gasteiger partial charge in [-0.15, -0.1) is 0 Å². The lowest BCUT2D eigenvalue weighted by Gasteiger charge is -2.37. The summed E-state index contributed by atoms with van der Waals surface area (Å²) in [7, 11) is 1.32. The summed E-state index contributed by atoms with van der Waals surface area (Å²) in [4.78, 5) is 34.7. The summed E-state index contributed by atoms with van der Waals surface area (Å²) >= 11 is 12.5. The van der Waals surface area contributed by atoms with Crippen molar-refractivity contribution in [2.45, 2.75) is 38.8 Å². The van der Waals surface area contributed by atoms with Crippen molar-refractivity contribution in [2.24, 2.45) is 5.92 Å². The monoisotopic (exact) mass is 438 g/mol. The molecule has 0 radical (unpaired) electrons. The molecule has 9 heteroatoms. The highest BCUT2D eigenvalue weighted by molar-refractivity contribution is 6.35. The summed E-state index contributed by atoms with van der Waals surface area (Å²) in [5, 5.41) is 3.80. The van der Waals surface area contributed by atoms with E-state index in [9.17, 15) is 9.59 Å². The second-order valence-corrected chi connectivity index (χ2v) is 7.96. The van der Waals surface area contributed by atoms with E-state index in [1.54, 1.807) is 29.4 Å². The molecule has 0 fully saturated rings. The predicted octanol–water partition coefficient (Wildman–Crippen LogP) is 3.96. The Morgan fingerprint density at radius 3 is 2.83 bits per heavy atom. The van der Waals surface area contributed by atoms with Crippen LogP contribution in [0.5, 0.6) is 0 Å². The Labute approximate surface area is 179 Å². The number of amides is 2. The third-order valence-corrected chi connectivity index (χ3v) is 5.95. The molecule has 0 aliphatic carbocycles. The van der Waals surface area contributed by atoms with Crippen molar-refractivity contribution >= 4 is 35.2 Å². The van der Waals surface area contributed by atoms with Crippen LogP contribution >= 0.6 is 23.2 Å². The van der Waals surface area contributed by atoms with Gasteiger partial charge < -0.3 is 19.9 Å². The maximum atomic E-state index is 13.2. The van der Waals surface area contributed by atoms with E-state index in [1.807, 2.05) is 13.8 Å². The van der Waals surface area contributed by atoms with Crippen molar-refractivity contribution in [3.63, 3.8) is 0 Å². The maximum absolute atomic E-state index is 13.2. The zero-order valence-electron chi connectivity index (χ0n) is 16.5. The van der Waals surface area contributed by atoms with E-state index in [0.29, 0.717) is 23.0 Å². The van der Waals surface area contributed by atoms with Crippen molar-refractivity contribution in [3.05, 3.63) is 51.5 Å². The molecule has 1 aliphatic heterocycles. The van der Waals surface area contributed by atoms with Gasteiger partial charge in [-0.25, -0.2) is 14.6 Å². The Kier molecular flexibility index (Phi) is 6.70. The van der Waals surface area contributed by atoms with Crippen LogP contribution in [0.1, 0.15) is 43.3 Å². The smallest absolute Gasteiger partial charge is 0.328 e. The van der Waals surface area contributed by atoms with Crippen LogP contribution in [0.15, 0.2) is 24.5 Å². The zero-order chi connectivity index (χ0) is 21.1. The van der Waals surface area contributed by atoms with Crippen LogP contribution in [0.4, 0.5) is 4.79 Å². The number of ether oxygens (including phenoxy) is 1. The molecule has 2 heterocycles. The SMILES string of the molecule is CC[C@H](C)[C@@H](NC(=O)N1CCc2[nH]cnc2[C@H]1c1ccc(Cl)cc1Cl)C(=O)OC. The van der Waals surface area contributed by atoms with Crippen LogP contribution < -0.4 is 5.32 Å². The Balaban J connectivity index is 1.96. The number of fused-ring (bicyclic) bond motifs is 1. The first kappa shape index (κ1) is 21.5. The molecule has 29 heavy (non-hydrogen) atoms. The summed E-state index contributed by atoms with van der Waals surface area (Å²) in [5.74, 6) is -0.541. The molecule has 1 aromatic heterocycles. The molecule has 1 aromatic carbocycles. The van der Waals surface area contributed by atoms with Gasteiger partial charge in [-0.1, -0.05) is 49.5 Å². The van der Waals surface area contributed by atoms with Crippen molar-refractivity contribution in [3.8, 4) is 0 Å². The Hall–Kier alpha value is -2.25. The lowest BCUT2D eigenvalue weighted by atomic mass is 9.95. The third kappa shape index (κ3) is 4.36. The van der Waals surface area contributed by atoms with E-state index in [4.69, 9.17) is 27.9 Å². The molecule has 3 rings (SSSR count). The van der Waals surface area contributed by atoms with Crippen molar-refractivity contribution in [2.75, 3.05) is 13.7 Å². The first-order valence-corrected chi connectivity index (χ1v) is 10.2. The normalized spacial score (nSPS) is 18.0. The second kappa shape index (κ2) is 9.05. The van der Waals surface area contributed by atoms with Crippen LogP contribution in [0.3, 0.4) is 0 Å². The quantitative estimate of drug-likeness (QED) is 0.691. The number of imidazole rings is 1. The fourth-order valence-electron chi connectivity index (χ4n) is 3.55. The number of carbonyl (C=O) groups excluding carboxylic acids is 2. The van der Waals surface area contributed by atoms with Crippen LogP contribution in [0.25, 0.3) is 0 Å². The number of benzene rings is 1. The summed E-state index contributed by atoms with van der Waals surface area (Å²) < 4.78 is 4.89. The van der Waals surface area contributed by atoms with Gasteiger partial charge in [-0.3, -0.25) is 0 Å². The molecule has 3 atom stereocenters. The number of hydrogen-bond donors (Lipinski definition) is 2. The summed E-state index contributed by atoms with van der Waals surface area (Å²) in [6, 6.07) is 3.57. The number of urea groups is 1. The summed E-state index contributed by atoms with van der Waals surface area (Å²) in [5.41, 5.74) is 2.41. The fourth-order valence-corrected chi connectivity index (χ4v) is 4.06. The van der Waals surface area contributed by atoms with Gasteiger partial charge in [0.2, 0.25) is 0 Å². The largest absolute Gasteiger partial charge is 0.467 e. The minimum absolute atomic E-state index is 0.0743. The standard InChI is InChI=1S/C20H24Cl2N4O3/c1-4-11(2)16(19(27)29-3)25-20(28)26-8-7-15-17(24-10-23-15)18(26)13-6-5-12(21)9-14(13)22/h5-6,9-11,16,18H,4,7-8H2,1-3H3,(H,23,24)(H,25,28)/t11-,16+,18+/m0/s1.